The molecule has 2 heterocycles. The summed E-state index contributed by atoms with van der Waals surface area (Å²) in [6.07, 6.45) is -3.64. The smallest absolute Gasteiger partial charge is 0.416 e. The number of fused-ring (bicyclic) bond motifs is 3. The van der Waals surface area contributed by atoms with E-state index in [0.717, 1.165) is 18.6 Å². The monoisotopic (exact) mass is 387 g/mol. The molecule has 1 unspecified atom stereocenters. The van der Waals surface area contributed by atoms with Crippen molar-refractivity contribution in [3.05, 3.63) is 64.9 Å². The summed E-state index contributed by atoms with van der Waals surface area (Å²) >= 11 is 0. The summed E-state index contributed by atoms with van der Waals surface area (Å²) in [6, 6.07) is 12.3. The van der Waals surface area contributed by atoms with E-state index in [0.29, 0.717) is 34.9 Å². The predicted molar refractivity (Wildman–Crippen MR) is 103 cm³/mol. The second-order valence-corrected chi connectivity index (χ2v) is 7.60. The first-order chi connectivity index (χ1) is 13.2. The van der Waals surface area contributed by atoms with Crippen LogP contribution in [-0.4, -0.2) is 29.4 Å². The summed E-state index contributed by atoms with van der Waals surface area (Å²) < 4.78 is 40.3. The molecule has 0 bridgehead atoms. The van der Waals surface area contributed by atoms with E-state index < -0.39 is 11.7 Å². The van der Waals surface area contributed by atoms with E-state index >= 15 is 0 Å². The van der Waals surface area contributed by atoms with Crippen molar-refractivity contribution in [2.75, 3.05) is 18.0 Å². The number of benzene rings is 2. The van der Waals surface area contributed by atoms with E-state index in [1.165, 1.54) is 6.07 Å². The van der Waals surface area contributed by atoms with Crippen molar-refractivity contribution < 1.29 is 17.9 Å². The molecule has 0 aromatic heterocycles. The van der Waals surface area contributed by atoms with Crippen molar-refractivity contribution in [1.29, 1.82) is 0 Å². The molecule has 0 fully saturated rings. The Balaban J connectivity index is 1.97. The van der Waals surface area contributed by atoms with Crippen LogP contribution < -0.4 is 4.90 Å². The second kappa shape index (κ2) is 6.36. The lowest BCUT2D eigenvalue weighted by Gasteiger charge is -2.41. The average Bonchev–Trinajstić information content (AvgIpc) is 2.68. The summed E-state index contributed by atoms with van der Waals surface area (Å²) in [5.41, 5.74) is 0.412. The van der Waals surface area contributed by atoms with Crippen molar-refractivity contribution in [2.45, 2.75) is 26.4 Å². The number of alkyl halides is 3. The number of rotatable bonds is 2. The Morgan fingerprint density at radius 1 is 1.18 bits per heavy atom. The van der Waals surface area contributed by atoms with Gasteiger partial charge in [-0.25, -0.2) is 0 Å². The molecule has 2 aromatic carbocycles. The molecule has 2 aliphatic heterocycles. The van der Waals surface area contributed by atoms with Crippen LogP contribution in [0.1, 0.15) is 31.4 Å². The van der Waals surface area contributed by atoms with Crippen molar-refractivity contribution in [1.82, 2.24) is 0 Å². The quantitative estimate of drug-likeness (QED) is 0.538. The van der Waals surface area contributed by atoms with Crippen molar-refractivity contribution >= 4 is 22.9 Å². The summed E-state index contributed by atoms with van der Waals surface area (Å²) in [6.45, 7) is 5.32. The van der Waals surface area contributed by atoms with Crippen LogP contribution in [0.25, 0.3) is 0 Å². The Bertz CT molecular complexity index is 982. The zero-order chi connectivity index (χ0) is 20.1. The summed E-state index contributed by atoms with van der Waals surface area (Å²) in [4.78, 5) is 6.58. The number of nitrogens with zero attached hydrogens (tertiary/aromatic N) is 3. The third-order valence-electron chi connectivity index (χ3n) is 5.53. The minimum atomic E-state index is -4.52. The van der Waals surface area contributed by atoms with Gasteiger partial charge in [0.15, 0.2) is 0 Å². The molecule has 7 heteroatoms. The van der Waals surface area contributed by atoms with Gasteiger partial charge in [-0.2, -0.15) is 17.9 Å². The van der Waals surface area contributed by atoms with Crippen molar-refractivity contribution in [3.8, 4) is 0 Å². The van der Waals surface area contributed by atoms with Gasteiger partial charge in [-0.15, -0.1) is 0 Å². The zero-order valence-electron chi connectivity index (χ0n) is 15.6. The Kier molecular flexibility index (Phi) is 4.21. The van der Waals surface area contributed by atoms with Crippen LogP contribution in [0.5, 0.6) is 0 Å². The minimum absolute atomic E-state index is 0.00650. The highest BCUT2D eigenvalue weighted by Crippen LogP contribution is 2.42. The fourth-order valence-corrected chi connectivity index (χ4v) is 3.63. The number of aliphatic imine (C=N–C) groups is 1. The van der Waals surface area contributed by atoms with Gasteiger partial charge in [0.05, 0.1) is 11.1 Å². The predicted octanol–water partition coefficient (Wildman–Crippen LogP) is 4.98. The van der Waals surface area contributed by atoms with E-state index in [9.17, 15) is 18.4 Å². The normalized spacial score (nSPS) is 21.9. The number of halogens is 3. The zero-order valence-corrected chi connectivity index (χ0v) is 15.6. The van der Waals surface area contributed by atoms with Crippen molar-refractivity contribution in [2.24, 2.45) is 10.4 Å². The minimum Gasteiger partial charge on any atom is -0.618 e. The average molecular weight is 387 g/mol. The van der Waals surface area contributed by atoms with Crippen LogP contribution >= 0.6 is 0 Å². The third kappa shape index (κ3) is 2.95. The third-order valence-corrected chi connectivity index (χ3v) is 5.53. The first kappa shape index (κ1) is 18.5. The standard InChI is InChI=1S/C21H20F3N3O/c1-3-20(2)12-25-19-18(14-7-5-4-6-8-14)27(28)17-11-15(21(22,23)24)9-10-16(17)26(19)13-20/h4-11H,3,12-13H2,1-2H3. The van der Waals surface area contributed by atoms with Gasteiger partial charge >= 0.3 is 6.18 Å². The number of amidine groups is 1. The number of hydrogen-bond acceptors (Lipinski definition) is 3. The summed E-state index contributed by atoms with van der Waals surface area (Å²) in [5.74, 6) is 0.513. The van der Waals surface area contributed by atoms with Crippen LogP contribution in [0.2, 0.25) is 0 Å². The van der Waals surface area contributed by atoms with Gasteiger partial charge in [0.25, 0.3) is 5.71 Å². The van der Waals surface area contributed by atoms with E-state index in [1.807, 2.05) is 11.0 Å². The van der Waals surface area contributed by atoms with Crippen LogP contribution in [-0.2, 0) is 6.18 Å². The van der Waals surface area contributed by atoms with Gasteiger partial charge in [-0.05, 0) is 30.7 Å². The highest BCUT2D eigenvalue weighted by atomic mass is 19.4. The lowest BCUT2D eigenvalue weighted by atomic mass is 9.84. The molecule has 4 rings (SSSR count). The van der Waals surface area contributed by atoms with Crippen LogP contribution in [0.3, 0.4) is 0 Å². The molecule has 0 radical (unpaired) electrons. The SMILES string of the molecule is CCC1(C)CN=C2C(c3ccccc3)=[N+]([O-])c3cc(C(F)(F)F)ccc3N2C1. The largest absolute Gasteiger partial charge is 0.618 e. The first-order valence-corrected chi connectivity index (χ1v) is 9.17. The van der Waals surface area contributed by atoms with Gasteiger partial charge in [-0.1, -0.05) is 32.0 Å². The van der Waals surface area contributed by atoms with E-state index in [4.69, 9.17) is 4.99 Å². The molecule has 0 spiro atoms. The maximum absolute atomic E-state index is 13.3. The fraction of sp³-hybridized carbons (Fsp3) is 0.333. The summed E-state index contributed by atoms with van der Waals surface area (Å²) in [7, 11) is 0. The lowest BCUT2D eigenvalue weighted by Crippen LogP contribution is -2.52. The molecule has 0 N–H and O–H groups in total. The molecular weight excluding hydrogens is 367 g/mol. The molecule has 0 amide bonds. The topological polar surface area (TPSA) is 41.7 Å². The molecular formula is C21H20F3N3O. The second-order valence-electron chi connectivity index (χ2n) is 7.60. The van der Waals surface area contributed by atoms with Crippen LogP contribution in [0, 0.1) is 10.6 Å². The molecule has 146 valence electrons. The summed E-state index contributed by atoms with van der Waals surface area (Å²) in [5, 5.41) is 13.2. The Morgan fingerprint density at radius 3 is 2.54 bits per heavy atom. The molecule has 4 nitrogen and oxygen atoms in total. The molecule has 2 aliphatic rings. The van der Waals surface area contributed by atoms with Crippen LogP contribution in [0.4, 0.5) is 24.5 Å². The van der Waals surface area contributed by atoms with E-state index in [1.54, 1.807) is 24.3 Å². The molecule has 2 aromatic rings. The van der Waals surface area contributed by atoms with Gasteiger partial charge in [-0.3, -0.25) is 4.99 Å². The fourth-order valence-electron chi connectivity index (χ4n) is 3.63. The Labute approximate surface area is 161 Å². The van der Waals surface area contributed by atoms with Crippen LogP contribution in [0.15, 0.2) is 53.5 Å². The maximum atomic E-state index is 13.3. The Morgan fingerprint density at radius 2 is 1.89 bits per heavy atom. The molecule has 0 saturated heterocycles. The highest BCUT2D eigenvalue weighted by molar-refractivity contribution is 6.51. The molecule has 1 atom stereocenters. The molecule has 0 saturated carbocycles. The number of anilines is 1. The Hall–Kier alpha value is -2.83. The molecule has 28 heavy (non-hydrogen) atoms. The maximum Gasteiger partial charge on any atom is 0.416 e. The van der Waals surface area contributed by atoms with E-state index in [2.05, 4.69) is 13.8 Å². The highest BCUT2D eigenvalue weighted by Gasteiger charge is 2.43. The molecule has 0 aliphatic carbocycles. The van der Waals surface area contributed by atoms with Gasteiger partial charge in [0.1, 0.15) is 5.69 Å². The van der Waals surface area contributed by atoms with Gasteiger partial charge < -0.3 is 10.1 Å². The van der Waals surface area contributed by atoms with Gasteiger partial charge in [0.2, 0.25) is 11.5 Å². The van der Waals surface area contributed by atoms with E-state index in [-0.39, 0.29) is 16.8 Å². The van der Waals surface area contributed by atoms with Crippen molar-refractivity contribution in [3.63, 3.8) is 0 Å². The number of hydrogen-bond donors (Lipinski definition) is 0. The first-order valence-electron chi connectivity index (χ1n) is 9.17. The van der Waals surface area contributed by atoms with Gasteiger partial charge in [0, 0.05) is 24.6 Å². The lowest BCUT2D eigenvalue weighted by molar-refractivity contribution is -0.358.